The summed E-state index contributed by atoms with van der Waals surface area (Å²) in [6.45, 7) is 5.57. The molecule has 2 atom stereocenters. The minimum absolute atomic E-state index is 0.114. The molecule has 5 nitrogen and oxygen atoms in total. The van der Waals surface area contributed by atoms with Crippen LogP contribution in [0.4, 0.5) is 0 Å². The highest BCUT2D eigenvalue weighted by molar-refractivity contribution is 7.87. The van der Waals surface area contributed by atoms with Crippen LogP contribution in [-0.4, -0.2) is 38.4 Å². The molecular weight excluding hydrogens is 226 g/mol. The van der Waals surface area contributed by atoms with Gasteiger partial charge in [0.15, 0.2) is 0 Å². The second kappa shape index (κ2) is 5.95. The van der Waals surface area contributed by atoms with E-state index in [4.69, 9.17) is 5.73 Å². The number of nitrogens with two attached hydrogens (primary N) is 1. The smallest absolute Gasteiger partial charge is 0.279 e. The molecule has 2 unspecified atom stereocenters. The summed E-state index contributed by atoms with van der Waals surface area (Å²) in [4.78, 5) is 0. The van der Waals surface area contributed by atoms with Gasteiger partial charge in [-0.1, -0.05) is 13.3 Å². The molecule has 0 aliphatic carbocycles. The van der Waals surface area contributed by atoms with Crippen molar-refractivity contribution in [1.29, 1.82) is 0 Å². The van der Waals surface area contributed by atoms with E-state index in [2.05, 4.69) is 4.72 Å². The number of hydrogen-bond acceptors (Lipinski definition) is 3. The maximum Gasteiger partial charge on any atom is 0.279 e. The van der Waals surface area contributed by atoms with Gasteiger partial charge in [-0.2, -0.15) is 17.4 Å². The Balaban J connectivity index is 2.56. The largest absolute Gasteiger partial charge is 0.330 e. The quantitative estimate of drug-likeness (QED) is 0.735. The summed E-state index contributed by atoms with van der Waals surface area (Å²) in [5.74, 6) is 0.152. The van der Waals surface area contributed by atoms with E-state index < -0.39 is 10.2 Å². The molecular formula is C10H23N3O2S. The van der Waals surface area contributed by atoms with Crippen LogP contribution in [0, 0.1) is 5.92 Å². The van der Waals surface area contributed by atoms with Gasteiger partial charge in [-0.15, -0.1) is 0 Å². The van der Waals surface area contributed by atoms with Crippen LogP contribution in [0.15, 0.2) is 0 Å². The van der Waals surface area contributed by atoms with E-state index in [1.165, 1.54) is 4.31 Å². The van der Waals surface area contributed by atoms with Crippen molar-refractivity contribution in [3.8, 4) is 0 Å². The Morgan fingerprint density at radius 1 is 1.25 bits per heavy atom. The van der Waals surface area contributed by atoms with Gasteiger partial charge >= 0.3 is 0 Å². The van der Waals surface area contributed by atoms with Crippen LogP contribution in [0.1, 0.15) is 33.1 Å². The fourth-order valence-electron chi connectivity index (χ4n) is 1.73. The molecule has 0 saturated carbocycles. The second-order valence-corrected chi connectivity index (χ2v) is 6.29. The lowest BCUT2D eigenvalue weighted by atomic mass is 10.1. The Morgan fingerprint density at radius 3 is 2.31 bits per heavy atom. The normalized spacial score (nSPS) is 22.9. The van der Waals surface area contributed by atoms with Gasteiger partial charge in [0.05, 0.1) is 0 Å². The summed E-state index contributed by atoms with van der Waals surface area (Å²) in [6.07, 6.45) is 3.05. The van der Waals surface area contributed by atoms with Crippen molar-refractivity contribution in [3.63, 3.8) is 0 Å². The fourth-order valence-corrected chi connectivity index (χ4v) is 3.33. The van der Waals surface area contributed by atoms with Gasteiger partial charge in [0.25, 0.3) is 10.2 Å². The summed E-state index contributed by atoms with van der Waals surface area (Å²) < 4.78 is 28.2. The molecule has 1 rings (SSSR count). The van der Waals surface area contributed by atoms with Gasteiger partial charge in [0, 0.05) is 19.1 Å². The molecule has 0 radical (unpaired) electrons. The zero-order valence-corrected chi connectivity index (χ0v) is 11.0. The molecule has 96 valence electrons. The number of nitrogens with zero attached hydrogens (tertiary/aromatic N) is 1. The highest BCUT2D eigenvalue weighted by Gasteiger charge is 2.26. The number of hydrogen-bond donors (Lipinski definition) is 2. The van der Waals surface area contributed by atoms with Crippen LogP contribution in [0.2, 0.25) is 0 Å². The first-order chi connectivity index (χ1) is 7.47. The number of nitrogens with one attached hydrogen (secondary N) is 1. The van der Waals surface area contributed by atoms with E-state index in [1.807, 2.05) is 13.8 Å². The van der Waals surface area contributed by atoms with E-state index in [1.54, 1.807) is 0 Å². The van der Waals surface area contributed by atoms with Crippen molar-refractivity contribution >= 4 is 10.2 Å². The predicted octanol–water partition coefficient (Wildman–Crippen LogP) is 0.290. The summed E-state index contributed by atoms with van der Waals surface area (Å²) in [6, 6.07) is -0.114. The molecule has 1 saturated heterocycles. The van der Waals surface area contributed by atoms with Crippen LogP contribution >= 0.6 is 0 Å². The number of rotatable bonds is 5. The first-order valence-electron chi connectivity index (χ1n) is 5.95. The van der Waals surface area contributed by atoms with Crippen molar-refractivity contribution < 1.29 is 8.42 Å². The third-order valence-corrected chi connectivity index (χ3v) is 4.93. The molecule has 6 heteroatoms. The molecule has 0 spiro atoms. The zero-order valence-electron chi connectivity index (χ0n) is 10.1. The summed E-state index contributed by atoms with van der Waals surface area (Å²) >= 11 is 0. The van der Waals surface area contributed by atoms with E-state index in [0.717, 1.165) is 19.3 Å². The Bertz CT molecular complexity index is 299. The molecule has 1 aliphatic rings. The molecule has 16 heavy (non-hydrogen) atoms. The predicted molar refractivity (Wildman–Crippen MR) is 65.2 cm³/mol. The third kappa shape index (κ3) is 3.69. The third-order valence-electron chi connectivity index (χ3n) is 3.22. The van der Waals surface area contributed by atoms with Crippen LogP contribution < -0.4 is 10.5 Å². The highest BCUT2D eigenvalue weighted by atomic mass is 32.2. The lowest BCUT2D eigenvalue weighted by molar-refractivity contribution is 0.333. The van der Waals surface area contributed by atoms with Gasteiger partial charge in [-0.25, -0.2) is 0 Å². The molecule has 0 aromatic rings. The topological polar surface area (TPSA) is 75.4 Å². The van der Waals surface area contributed by atoms with Gasteiger partial charge in [-0.3, -0.25) is 0 Å². The molecule has 0 bridgehead atoms. The standard InChI is InChI=1S/C10H23N3O2S/c1-9(8-11)10(2)12-16(14,15)13-6-4-3-5-7-13/h9-10,12H,3-8,11H2,1-2H3. The molecule has 0 amide bonds. The Kier molecular flexibility index (Phi) is 5.17. The molecule has 3 N–H and O–H groups in total. The van der Waals surface area contributed by atoms with Crippen LogP contribution in [0.3, 0.4) is 0 Å². The highest BCUT2D eigenvalue weighted by Crippen LogP contribution is 2.13. The van der Waals surface area contributed by atoms with E-state index in [-0.39, 0.29) is 12.0 Å². The van der Waals surface area contributed by atoms with Gasteiger partial charge in [0.2, 0.25) is 0 Å². The summed E-state index contributed by atoms with van der Waals surface area (Å²) in [5.41, 5.74) is 5.52. The average Bonchev–Trinajstić information content (AvgIpc) is 2.28. The monoisotopic (exact) mass is 249 g/mol. The van der Waals surface area contributed by atoms with Crippen LogP contribution in [0.5, 0.6) is 0 Å². The number of piperidine rings is 1. The maximum atomic E-state index is 12.0. The van der Waals surface area contributed by atoms with Crippen LogP contribution in [0.25, 0.3) is 0 Å². The van der Waals surface area contributed by atoms with Crippen LogP contribution in [-0.2, 0) is 10.2 Å². The summed E-state index contributed by atoms with van der Waals surface area (Å²) in [7, 11) is -3.31. The van der Waals surface area contributed by atoms with Crippen molar-refractivity contribution in [1.82, 2.24) is 9.03 Å². The lowest BCUT2D eigenvalue weighted by Crippen LogP contribution is -2.48. The van der Waals surface area contributed by atoms with Gasteiger partial charge in [-0.05, 0) is 32.2 Å². The minimum Gasteiger partial charge on any atom is -0.330 e. The van der Waals surface area contributed by atoms with E-state index >= 15 is 0 Å². The Hall–Kier alpha value is -0.170. The zero-order chi connectivity index (χ0) is 12.2. The maximum absolute atomic E-state index is 12.0. The van der Waals surface area contributed by atoms with Crippen molar-refractivity contribution in [3.05, 3.63) is 0 Å². The Labute approximate surface area is 98.6 Å². The fraction of sp³-hybridized carbons (Fsp3) is 1.00. The lowest BCUT2D eigenvalue weighted by Gasteiger charge is -2.29. The van der Waals surface area contributed by atoms with Crippen molar-refractivity contribution in [2.45, 2.75) is 39.2 Å². The molecule has 0 aromatic carbocycles. The van der Waals surface area contributed by atoms with Gasteiger partial charge < -0.3 is 5.73 Å². The molecule has 1 heterocycles. The van der Waals surface area contributed by atoms with E-state index in [0.29, 0.717) is 19.6 Å². The Morgan fingerprint density at radius 2 is 1.81 bits per heavy atom. The summed E-state index contributed by atoms with van der Waals surface area (Å²) in [5, 5.41) is 0. The first kappa shape index (κ1) is 13.9. The molecule has 1 aliphatic heterocycles. The first-order valence-corrected chi connectivity index (χ1v) is 7.39. The molecule has 1 fully saturated rings. The molecule has 0 aromatic heterocycles. The van der Waals surface area contributed by atoms with Gasteiger partial charge in [0.1, 0.15) is 0 Å². The van der Waals surface area contributed by atoms with Crippen molar-refractivity contribution in [2.75, 3.05) is 19.6 Å². The van der Waals surface area contributed by atoms with E-state index in [9.17, 15) is 8.42 Å². The van der Waals surface area contributed by atoms with Crippen molar-refractivity contribution in [2.24, 2.45) is 11.7 Å². The SMILES string of the molecule is CC(CN)C(C)NS(=O)(=O)N1CCCCC1. The second-order valence-electron chi connectivity index (χ2n) is 4.58. The minimum atomic E-state index is -3.31. The average molecular weight is 249 g/mol.